The molecular weight excluding hydrogens is 340 g/mol. The number of phenols is 1. The van der Waals surface area contributed by atoms with E-state index in [-0.39, 0.29) is 36.1 Å². The van der Waals surface area contributed by atoms with Crippen molar-refractivity contribution in [1.29, 1.82) is 0 Å². The molecular formula is C23H32O4. The zero-order valence-corrected chi connectivity index (χ0v) is 16.8. The van der Waals surface area contributed by atoms with Crippen LogP contribution in [0.5, 0.6) is 5.75 Å². The number of carbonyl (C=O) groups is 1. The van der Waals surface area contributed by atoms with Crippen LogP contribution < -0.4 is 0 Å². The molecule has 0 amide bonds. The SMILES string of the molecule is C/C1=C\[C@H](O)[C@@H](C(C)C)[C@@H](OCC(=O)c2ccc(O)cc2)C/C(C)=C/CC1. The third-order valence-electron chi connectivity index (χ3n) is 5.22. The Morgan fingerprint density at radius 1 is 1.19 bits per heavy atom. The summed E-state index contributed by atoms with van der Waals surface area (Å²) < 4.78 is 6.07. The van der Waals surface area contributed by atoms with Gasteiger partial charge in [0.05, 0.1) is 12.2 Å². The van der Waals surface area contributed by atoms with Gasteiger partial charge in [0.1, 0.15) is 12.4 Å². The molecule has 4 nitrogen and oxygen atoms in total. The summed E-state index contributed by atoms with van der Waals surface area (Å²) in [5.74, 6) is 0.127. The summed E-state index contributed by atoms with van der Waals surface area (Å²) in [7, 11) is 0. The number of allylic oxidation sites excluding steroid dienone is 2. The molecule has 0 aromatic heterocycles. The van der Waals surface area contributed by atoms with Crippen molar-refractivity contribution in [3.05, 3.63) is 53.1 Å². The maximum absolute atomic E-state index is 12.5. The second-order valence-corrected chi connectivity index (χ2v) is 7.94. The number of rotatable bonds is 5. The lowest BCUT2D eigenvalue weighted by atomic mass is 9.81. The number of aliphatic hydroxyl groups excluding tert-OH is 1. The Kier molecular flexibility index (Phi) is 7.81. The lowest BCUT2D eigenvalue weighted by molar-refractivity contribution is -0.0348. The van der Waals surface area contributed by atoms with Crippen LogP contribution in [0.2, 0.25) is 0 Å². The minimum absolute atomic E-state index is 0.0403. The van der Waals surface area contributed by atoms with E-state index in [1.807, 2.05) is 6.08 Å². The summed E-state index contributed by atoms with van der Waals surface area (Å²) in [5.41, 5.74) is 2.92. The molecule has 27 heavy (non-hydrogen) atoms. The second-order valence-electron chi connectivity index (χ2n) is 7.94. The smallest absolute Gasteiger partial charge is 0.188 e. The van der Waals surface area contributed by atoms with E-state index in [4.69, 9.17) is 4.74 Å². The van der Waals surface area contributed by atoms with Crippen molar-refractivity contribution < 1.29 is 19.7 Å². The van der Waals surface area contributed by atoms with E-state index in [1.165, 1.54) is 23.3 Å². The first-order valence-electron chi connectivity index (χ1n) is 9.72. The predicted octanol–water partition coefficient (Wildman–Crippen LogP) is 4.67. The number of ketones is 1. The predicted molar refractivity (Wildman–Crippen MR) is 108 cm³/mol. The first-order chi connectivity index (χ1) is 12.8. The van der Waals surface area contributed by atoms with Crippen LogP contribution in [0, 0.1) is 11.8 Å². The molecule has 1 aliphatic carbocycles. The molecule has 148 valence electrons. The molecule has 0 aliphatic heterocycles. The van der Waals surface area contributed by atoms with Crippen LogP contribution in [-0.2, 0) is 4.74 Å². The molecule has 2 rings (SSSR count). The van der Waals surface area contributed by atoms with Gasteiger partial charge in [0.15, 0.2) is 5.78 Å². The molecule has 0 saturated carbocycles. The summed E-state index contributed by atoms with van der Waals surface area (Å²) in [6.07, 6.45) is 5.94. The Morgan fingerprint density at radius 2 is 1.85 bits per heavy atom. The number of aliphatic hydroxyl groups is 1. The number of aromatic hydroxyl groups is 1. The summed E-state index contributed by atoms with van der Waals surface area (Å²) in [6, 6.07) is 6.19. The maximum atomic E-state index is 12.5. The summed E-state index contributed by atoms with van der Waals surface area (Å²) >= 11 is 0. The fraction of sp³-hybridized carbons (Fsp3) is 0.522. The van der Waals surface area contributed by atoms with Gasteiger partial charge in [-0.1, -0.05) is 37.1 Å². The average molecular weight is 373 g/mol. The zero-order chi connectivity index (χ0) is 20.0. The van der Waals surface area contributed by atoms with Gasteiger partial charge in [0.25, 0.3) is 0 Å². The highest BCUT2D eigenvalue weighted by Gasteiger charge is 2.32. The number of phenolic OH excluding ortho intramolecular Hbond substituents is 1. The average Bonchev–Trinajstić information content (AvgIpc) is 2.59. The van der Waals surface area contributed by atoms with Crippen molar-refractivity contribution in [2.75, 3.05) is 6.61 Å². The molecule has 0 saturated heterocycles. The topological polar surface area (TPSA) is 66.8 Å². The van der Waals surface area contributed by atoms with Crippen LogP contribution in [0.25, 0.3) is 0 Å². The van der Waals surface area contributed by atoms with E-state index in [0.29, 0.717) is 12.0 Å². The zero-order valence-electron chi connectivity index (χ0n) is 16.8. The van der Waals surface area contributed by atoms with Crippen LogP contribution >= 0.6 is 0 Å². The molecule has 1 aromatic rings. The Labute approximate surface area is 162 Å². The van der Waals surface area contributed by atoms with Crippen LogP contribution in [0.3, 0.4) is 0 Å². The van der Waals surface area contributed by atoms with E-state index in [2.05, 4.69) is 33.8 Å². The first kappa shape index (κ1) is 21.4. The van der Waals surface area contributed by atoms with Crippen molar-refractivity contribution in [3.8, 4) is 5.75 Å². The number of carbonyl (C=O) groups excluding carboxylic acids is 1. The van der Waals surface area contributed by atoms with Gasteiger partial charge in [0.2, 0.25) is 0 Å². The molecule has 0 bridgehead atoms. The van der Waals surface area contributed by atoms with Crippen LogP contribution in [0.1, 0.15) is 57.3 Å². The van der Waals surface area contributed by atoms with Crippen LogP contribution in [-0.4, -0.2) is 34.8 Å². The van der Waals surface area contributed by atoms with Crippen molar-refractivity contribution in [1.82, 2.24) is 0 Å². The van der Waals surface area contributed by atoms with Gasteiger partial charge in [-0.15, -0.1) is 0 Å². The highest BCUT2D eigenvalue weighted by Crippen LogP contribution is 2.30. The number of hydrogen-bond acceptors (Lipinski definition) is 4. The fourth-order valence-corrected chi connectivity index (χ4v) is 3.70. The monoisotopic (exact) mass is 372 g/mol. The molecule has 1 aliphatic rings. The molecule has 2 N–H and O–H groups in total. The molecule has 0 spiro atoms. The van der Waals surface area contributed by atoms with Crippen LogP contribution in [0.4, 0.5) is 0 Å². The highest BCUT2D eigenvalue weighted by molar-refractivity contribution is 5.97. The molecule has 0 unspecified atom stereocenters. The van der Waals surface area contributed by atoms with Gasteiger partial charge < -0.3 is 14.9 Å². The van der Waals surface area contributed by atoms with E-state index in [9.17, 15) is 15.0 Å². The number of benzene rings is 1. The molecule has 1 aromatic carbocycles. The van der Waals surface area contributed by atoms with Gasteiger partial charge >= 0.3 is 0 Å². The van der Waals surface area contributed by atoms with E-state index in [1.54, 1.807) is 12.1 Å². The Bertz CT molecular complexity index is 685. The quantitative estimate of drug-likeness (QED) is 0.582. The molecule has 0 fully saturated rings. The molecule has 4 heteroatoms. The van der Waals surface area contributed by atoms with Crippen molar-refractivity contribution in [2.24, 2.45) is 11.8 Å². The third-order valence-corrected chi connectivity index (χ3v) is 5.22. The summed E-state index contributed by atoms with van der Waals surface area (Å²) in [4.78, 5) is 12.5. The minimum Gasteiger partial charge on any atom is -0.508 e. The Balaban J connectivity index is 2.18. The maximum Gasteiger partial charge on any atom is 0.188 e. The lowest BCUT2D eigenvalue weighted by Gasteiger charge is -2.34. The Morgan fingerprint density at radius 3 is 2.48 bits per heavy atom. The van der Waals surface area contributed by atoms with Gasteiger partial charge in [-0.2, -0.15) is 0 Å². The number of hydrogen-bond donors (Lipinski definition) is 2. The van der Waals surface area contributed by atoms with Crippen molar-refractivity contribution in [2.45, 2.75) is 59.2 Å². The summed E-state index contributed by atoms with van der Waals surface area (Å²) in [5, 5.41) is 20.2. The van der Waals surface area contributed by atoms with E-state index >= 15 is 0 Å². The highest BCUT2D eigenvalue weighted by atomic mass is 16.5. The number of ether oxygens (including phenoxy) is 1. The van der Waals surface area contributed by atoms with Crippen molar-refractivity contribution >= 4 is 5.78 Å². The fourth-order valence-electron chi connectivity index (χ4n) is 3.70. The molecule has 0 heterocycles. The molecule has 3 atom stereocenters. The normalized spacial score (nSPS) is 28.1. The first-order valence-corrected chi connectivity index (χ1v) is 9.72. The van der Waals surface area contributed by atoms with E-state index < -0.39 is 6.10 Å². The Hall–Kier alpha value is -1.91. The minimum atomic E-state index is -0.593. The van der Waals surface area contributed by atoms with Gasteiger partial charge in [-0.25, -0.2) is 0 Å². The molecule has 0 radical (unpaired) electrons. The third kappa shape index (κ3) is 6.33. The standard InChI is InChI=1S/C23H32O4/c1-15(2)23-20(25)12-16(3)6-5-7-17(4)13-22(23)27-14-21(26)18-8-10-19(24)11-9-18/h7-12,15,20,22-25H,5-6,13-14H2,1-4H3/b16-12+,17-7+/t20-,22-,23+/m0/s1. The van der Waals surface area contributed by atoms with Gasteiger partial charge in [-0.3, -0.25) is 4.79 Å². The van der Waals surface area contributed by atoms with Crippen molar-refractivity contribution in [3.63, 3.8) is 0 Å². The van der Waals surface area contributed by atoms with Crippen LogP contribution in [0.15, 0.2) is 47.6 Å². The van der Waals surface area contributed by atoms with Gasteiger partial charge in [0, 0.05) is 11.5 Å². The number of Topliss-reactive ketones (excluding diaryl/α,β-unsaturated/α-hetero) is 1. The largest absolute Gasteiger partial charge is 0.508 e. The van der Waals surface area contributed by atoms with Gasteiger partial charge in [-0.05, 0) is 63.3 Å². The summed E-state index contributed by atoms with van der Waals surface area (Å²) in [6.45, 7) is 8.26. The second kappa shape index (κ2) is 9.86. The van der Waals surface area contributed by atoms with E-state index in [0.717, 1.165) is 12.8 Å². The lowest BCUT2D eigenvalue weighted by Crippen LogP contribution is -2.38.